The standard InChI is InChI=1S/C21H27N5O2/c1-25(15-7-3-2-4-8-15)12-11-22-19(27)14-26-21(28)20-17(13-23-26)16-9-5-6-10-18(16)24-20/h5-6,9-10,13,15,24H,2-4,7-8,11-12,14H2,1H3,(H,22,27). The fraction of sp³-hybridized carbons (Fsp3) is 0.476. The van der Waals surface area contributed by atoms with Crippen LogP contribution < -0.4 is 10.9 Å². The third-order valence-electron chi connectivity index (χ3n) is 5.80. The molecule has 7 nitrogen and oxygen atoms in total. The first-order valence-electron chi connectivity index (χ1n) is 10.1. The molecule has 0 atom stereocenters. The first-order chi connectivity index (χ1) is 13.6. The van der Waals surface area contributed by atoms with Crippen molar-refractivity contribution in [2.75, 3.05) is 20.1 Å². The van der Waals surface area contributed by atoms with Gasteiger partial charge in [-0.3, -0.25) is 9.59 Å². The Morgan fingerprint density at radius 1 is 1.25 bits per heavy atom. The molecule has 3 aromatic rings. The molecule has 1 fully saturated rings. The van der Waals surface area contributed by atoms with E-state index in [4.69, 9.17) is 0 Å². The number of amides is 1. The topological polar surface area (TPSA) is 83.0 Å². The molecule has 0 saturated heterocycles. The van der Waals surface area contributed by atoms with E-state index in [1.54, 1.807) is 6.20 Å². The molecule has 1 saturated carbocycles. The molecule has 0 aliphatic heterocycles. The van der Waals surface area contributed by atoms with Crippen LogP contribution >= 0.6 is 0 Å². The van der Waals surface area contributed by atoms with E-state index in [0.717, 1.165) is 22.8 Å². The van der Waals surface area contributed by atoms with Gasteiger partial charge in [-0.25, -0.2) is 4.68 Å². The third-order valence-corrected chi connectivity index (χ3v) is 5.80. The summed E-state index contributed by atoms with van der Waals surface area (Å²) in [5, 5.41) is 8.86. The van der Waals surface area contributed by atoms with Gasteiger partial charge >= 0.3 is 0 Å². The SMILES string of the molecule is CN(CCNC(=O)Cn1ncc2c([nH]c3ccccc32)c1=O)C1CCCCC1. The van der Waals surface area contributed by atoms with Crippen LogP contribution in [0.25, 0.3) is 21.8 Å². The predicted octanol–water partition coefficient (Wildman–Crippen LogP) is 2.26. The average molecular weight is 381 g/mol. The van der Waals surface area contributed by atoms with Gasteiger partial charge in [0.05, 0.1) is 6.20 Å². The molecule has 0 spiro atoms. The van der Waals surface area contributed by atoms with E-state index in [9.17, 15) is 9.59 Å². The molecule has 1 amide bonds. The van der Waals surface area contributed by atoms with Crippen LogP contribution in [0, 0.1) is 0 Å². The molecular weight excluding hydrogens is 354 g/mol. The number of rotatable bonds is 6. The van der Waals surface area contributed by atoms with Gasteiger partial charge in [0, 0.05) is 35.4 Å². The Kier molecular flexibility index (Phi) is 5.43. The maximum absolute atomic E-state index is 12.7. The summed E-state index contributed by atoms with van der Waals surface area (Å²) in [7, 11) is 2.12. The highest BCUT2D eigenvalue weighted by molar-refractivity contribution is 6.06. The Bertz CT molecular complexity index is 1030. The second-order valence-corrected chi connectivity index (χ2v) is 7.69. The summed E-state index contributed by atoms with van der Waals surface area (Å²) in [6, 6.07) is 8.35. The number of fused-ring (bicyclic) bond motifs is 3. The second-order valence-electron chi connectivity index (χ2n) is 7.69. The highest BCUT2D eigenvalue weighted by Gasteiger charge is 2.18. The fourth-order valence-corrected chi connectivity index (χ4v) is 4.16. The van der Waals surface area contributed by atoms with Crippen molar-refractivity contribution in [2.45, 2.75) is 44.7 Å². The number of nitrogens with one attached hydrogen (secondary N) is 2. The summed E-state index contributed by atoms with van der Waals surface area (Å²) in [6.45, 7) is 1.33. The summed E-state index contributed by atoms with van der Waals surface area (Å²) in [5.74, 6) is -0.192. The number of aromatic nitrogens is 3. The number of benzene rings is 1. The maximum Gasteiger partial charge on any atom is 0.291 e. The van der Waals surface area contributed by atoms with Crippen LogP contribution in [0.4, 0.5) is 0 Å². The number of nitrogens with zero attached hydrogens (tertiary/aromatic N) is 3. The number of aromatic amines is 1. The van der Waals surface area contributed by atoms with Gasteiger partial charge in [0.2, 0.25) is 5.91 Å². The van der Waals surface area contributed by atoms with Gasteiger partial charge in [0.15, 0.2) is 0 Å². The highest BCUT2D eigenvalue weighted by atomic mass is 16.2. The van der Waals surface area contributed by atoms with Crippen molar-refractivity contribution in [1.82, 2.24) is 25.0 Å². The van der Waals surface area contributed by atoms with Crippen LogP contribution in [0.15, 0.2) is 35.3 Å². The van der Waals surface area contributed by atoms with Crippen molar-refractivity contribution >= 4 is 27.7 Å². The molecule has 0 radical (unpaired) electrons. The van der Waals surface area contributed by atoms with E-state index < -0.39 is 0 Å². The number of likely N-dealkylation sites (N-methyl/N-ethyl adjacent to an activating group) is 1. The molecule has 148 valence electrons. The van der Waals surface area contributed by atoms with Crippen molar-refractivity contribution in [2.24, 2.45) is 0 Å². The first-order valence-corrected chi connectivity index (χ1v) is 10.1. The Morgan fingerprint density at radius 3 is 2.86 bits per heavy atom. The number of hydrogen-bond donors (Lipinski definition) is 2. The van der Waals surface area contributed by atoms with Gasteiger partial charge in [-0.15, -0.1) is 0 Å². The smallest absolute Gasteiger partial charge is 0.291 e. The van der Waals surface area contributed by atoms with Crippen LogP contribution in [-0.4, -0.2) is 51.8 Å². The molecule has 4 rings (SSSR count). The minimum atomic E-state index is -0.275. The summed E-state index contributed by atoms with van der Waals surface area (Å²) in [4.78, 5) is 30.5. The molecule has 1 aliphatic rings. The normalized spacial score (nSPS) is 15.5. The number of H-pyrrole nitrogens is 1. The maximum atomic E-state index is 12.7. The minimum absolute atomic E-state index is 0.0721. The molecular formula is C21H27N5O2. The molecule has 0 unspecified atom stereocenters. The Balaban J connectivity index is 1.37. The largest absolute Gasteiger partial charge is 0.353 e. The second kappa shape index (κ2) is 8.14. The summed E-state index contributed by atoms with van der Waals surface area (Å²) < 4.78 is 1.22. The van der Waals surface area contributed by atoms with Crippen LogP contribution in [0.3, 0.4) is 0 Å². The van der Waals surface area contributed by atoms with Crippen molar-refractivity contribution in [3.05, 3.63) is 40.8 Å². The van der Waals surface area contributed by atoms with Crippen molar-refractivity contribution in [3.8, 4) is 0 Å². The molecule has 2 heterocycles. The molecule has 28 heavy (non-hydrogen) atoms. The monoisotopic (exact) mass is 381 g/mol. The lowest BCUT2D eigenvalue weighted by Gasteiger charge is -2.31. The van der Waals surface area contributed by atoms with Crippen molar-refractivity contribution < 1.29 is 4.79 Å². The average Bonchev–Trinajstić information content (AvgIpc) is 3.10. The fourth-order valence-electron chi connectivity index (χ4n) is 4.16. The summed E-state index contributed by atoms with van der Waals surface area (Å²) in [6.07, 6.45) is 8.07. The lowest BCUT2D eigenvalue weighted by atomic mass is 9.94. The van der Waals surface area contributed by atoms with E-state index in [-0.39, 0.29) is 18.0 Å². The minimum Gasteiger partial charge on any atom is -0.353 e. The zero-order valence-corrected chi connectivity index (χ0v) is 16.3. The van der Waals surface area contributed by atoms with E-state index in [1.807, 2.05) is 24.3 Å². The van der Waals surface area contributed by atoms with E-state index in [0.29, 0.717) is 18.1 Å². The lowest BCUT2D eigenvalue weighted by molar-refractivity contribution is -0.122. The third kappa shape index (κ3) is 3.80. The van der Waals surface area contributed by atoms with Crippen LogP contribution in [0.1, 0.15) is 32.1 Å². The Morgan fingerprint density at radius 2 is 2.04 bits per heavy atom. The van der Waals surface area contributed by atoms with Gasteiger partial charge in [0.1, 0.15) is 12.1 Å². The zero-order valence-electron chi connectivity index (χ0n) is 16.3. The predicted molar refractivity (Wildman–Crippen MR) is 110 cm³/mol. The van der Waals surface area contributed by atoms with Gasteiger partial charge in [-0.05, 0) is 26.0 Å². The summed E-state index contributed by atoms with van der Waals surface area (Å²) in [5.41, 5.74) is 1.11. The summed E-state index contributed by atoms with van der Waals surface area (Å²) >= 11 is 0. The van der Waals surface area contributed by atoms with Crippen molar-refractivity contribution in [3.63, 3.8) is 0 Å². The number of hydrogen-bond acceptors (Lipinski definition) is 4. The van der Waals surface area contributed by atoms with E-state index >= 15 is 0 Å². The zero-order chi connectivity index (χ0) is 19.5. The Hall–Kier alpha value is -2.67. The number of carbonyl (C=O) groups is 1. The molecule has 1 aliphatic carbocycles. The van der Waals surface area contributed by atoms with Gasteiger partial charge in [-0.1, -0.05) is 37.5 Å². The van der Waals surface area contributed by atoms with Crippen molar-refractivity contribution in [1.29, 1.82) is 0 Å². The molecule has 7 heteroatoms. The molecule has 2 aromatic heterocycles. The van der Waals surface area contributed by atoms with Crippen LogP contribution in [0.5, 0.6) is 0 Å². The molecule has 1 aromatic carbocycles. The van der Waals surface area contributed by atoms with Gasteiger partial charge < -0.3 is 15.2 Å². The van der Waals surface area contributed by atoms with Gasteiger partial charge in [0.25, 0.3) is 5.56 Å². The molecule has 0 bridgehead atoms. The van der Waals surface area contributed by atoms with E-state index in [1.165, 1.54) is 36.8 Å². The molecule has 2 N–H and O–H groups in total. The highest BCUT2D eigenvalue weighted by Crippen LogP contribution is 2.22. The first kappa shape index (κ1) is 18.7. The number of para-hydroxylation sites is 1. The quantitative estimate of drug-likeness (QED) is 0.686. The number of carbonyl (C=O) groups excluding carboxylic acids is 1. The lowest BCUT2D eigenvalue weighted by Crippen LogP contribution is -2.41. The van der Waals surface area contributed by atoms with Gasteiger partial charge in [-0.2, -0.15) is 5.10 Å². The van der Waals surface area contributed by atoms with Crippen LogP contribution in [0.2, 0.25) is 0 Å². The van der Waals surface area contributed by atoms with E-state index in [2.05, 4.69) is 27.3 Å². The Labute approximate surface area is 163 Å². The van der Waals surface area contributed by atoms with Crippen LogP contribution in [-0.2, 0) is 11.3 Å².